The van der Waals surface area contributed by atoms with Gasteiger partial charge < -0.3 is 15.3 Å². The summed E-state index contributed by atoms with van der Waals surface area (Å²) < 4.78 is 0. The van der Waals surface area contributed by atoms with Gasteiger partial charge in [-0.3, -0.25) is 4.79 Å². The molecule has 1 aliphatic rings. The van der Waals surface area contributed by atoms with E-state index in [0.717, 1.165) is 5.56 Å². The molecular formula is C15H20N2O3. The summed E-state index contributed by atoms with van der Waals surface area (Å²) in [6.45, 7) is 4.53. The van der Waals surface area contributed by atoms with E-state index in [-0.39, 0.29) is 30.5 Å². The number of benzene rings is 1. The van der Waals surface area contributed by atoms with E-state index in [1.807, 2.05) is 44.2 Å². The number of urea groups is 1. The number of hydrogen-bond donors (Lipinski definition) is 2. The molecule has 1 heterocycles. The van der Waals surface area contributed by atoms with Crippen molar-refractivity contribution < 1.29 is 14.7 Å². The predicted molar refractivity (Wildman–Crippen MR) is 75.2 cm³/mol. The van der Waals surface area contributed by atoms with E-state index in [0.29, 0.717) is 6.54 Å². The molecule has 108 valence electrons. The third-order valence-electron chi connectivity index (χ3n) is 3.62. The fourth-order valence-corrected chi connectivity index (χ4v) is 2.82. The van der Waals surface area contributed by atoms with Crippen LogP contribution in [0.3, 0.4) is 0 Å². The first-order valence-electron chi connectivity index (χ1n) is 6.82. The summed E-state index contributed by atoms with van der Waals surface area (Å²) in [6, 6.07) is 9.12. The molecular weight excluding hydrogens is 256 g/mol. The molecule has 5 nitrogen and oxygen atoms in total. The van der Waals surface area contributed by atoms with Gasteiger partial charge in [0.25, 0.3) is 0 Å². The molecule has 2 amide bonds. The zero-order valence-corrected chi connectivity index (χ0v) is 11.7. The number of nitrogens with zero attached hydrogens (tertiary/aromatic N) is 1. The van der Waals surface area contributed by atoms with E-state index in [4.69, 9.17) is 5.11 Å². The highest BCUT2D eigenvalue weighted by molar-refractivity contribution is 5.79. The molecule has 0 spiro atoms. The Morgan fingerprint density at radius 3 is 2.55 bits per heavy atom. The molecule has 0 aliphatic carbocycles. The molecule has 0 bridgehead atoms. The average molecular weight is 276 g/mol. The molecule has 2 N–H and O–H groups in total. The van der Waals surface area contributed by atoms with Gasteiger partial charge in [0.2, 0.25) is 0 Å². The average Bonchev–Trinajstić information content (AvgIpc) is 2.66. The van der Waals surface area contributed by atoms with Gasteiger partial charge in [-0.25, -0.2) is 4.79 Å². The molecule has 1 aliphatic heterocycles. The first-order chi connectivity index (χ1) is 9.49. The monoisotopic (exact) mass is 276 g/mol. The van der Waals surface area contributed by atoms with Gasteiger partial charge >= 0.3 is 12.0 Å². The highest BCUT2D eigenvalue weighted by Gasteiger charge is 2.41. The lowest BCUT2D eigenvalue weighted by Crippen LogP contribution is -2.41. The Morgan fingerprint density at radius 1 is 1.35 bits per heavy atom. The number of hydrogen-bond acceptors (Lipinski definition) is 2. The summed E-state index contributed by atoms with van der Waals surface area (Å²) >= 11 is 0. The van der Waals surface area contributed by atoms with Crippen LogP contribution in [0.25, 0.3) is 0 Å². The van der Waals surface area contributed by atoms with Crippen molar-refractivity contribution in [2.45, 2.75) is 38.9 Å². The minimum Gasteiger partial charge on any atom is -0.481 e. The molecule has 2 atom stereocenters. The molecule has 2 rings (SSSR count). The van der Waals surface area contributed by atoms with Crippen LogP contribution in [0.4, 0.5) is 4.79 Å². The molecule has 1 saturated heterocycles. The number of carboxylic acids is 1. The summed E-state index contributed by atoms with van der Waals surface area (Å²) in [6.07, 6.45) is -0.0418. The normalized spacial score (nSPS) is 22.1. The van der Waals surface area contributed by atoms with Gasteiger partial charge in [-0.15, -0.1) is 0 Å². The topological polar surface area (TPSA) is 69.6 Å². The minimum absolute atomic E-state index is 0.0418. The molecule has 0 saturated carbocycles. The lowest BCUT2D eigenvalue weighted by atomic mass is 9.94. The Morgan fingerprint density at radius 2 is 2.00 bits per heavy atom. The fraction of sp³-hybridized carbons (Fsp3) is 0.467. The van der Waals surface area contributed by atoms with E-state index in [9.17, 15) is 9.59 Å². The summed E-state index contributed by atoms with van der Waals surface area (Å²) in [5, 5.41) is 11.8. The highest BCUT2D eigenvalue weighted by Crippen LogP contribution is 2.25. The molecule has 5 heteroatoms. The largest absolute Gasteiger partial charge is 0.481 e. The Hall–Kier alpha value is -2.04. The van der Waals surface area contributed by atoms with Crippen molar-refractivity contribution in [3.63, 3.8) is 0 Å². The van der Waals surface area contributed by atoms with Crippen LogP contribution in [-0.4, -0.2) is 34.1 Å². The third-order valence-corrected chi connectivity index (χ3v) is 3.62. The molecule has 1 fully saturated rings. The second-order valence-electron chi connectivity index (χ2n) is 5.50. The van der Waals surface area contributed by atoms with Crippen molar-refractivity contribution in [1.29, 1.82) is 0 Å². The van der Waals surface area contributed by atoms with Crippen molar-refractivity contribution in [2.24, 2.45) is 5.92 Å². The fourth-order valence-electron chi connectivity index (χ4n) is 2.82. The van der Waals surface area contributed by atoms with Gasteiger partial charge in [0, 0.05) is 6.54 Å². The van der Waals surface area contributed by atoms with Gasteiger partial charge in [-0.1, -0.05) is 44.2 Å². The van der Waals surface area contributed by atoms with Gasteiger partial charge in [0.15, 0.2) is 0 Å². The van der Waals surface area contributed by atoms with Crippen molar-refractivity contribution in [3.8, 4) is 0 Å². The Labute approximate surface area is 118 Å². The Balaban J connectivity index is 2.17. The Bertz CT molecular complexity index is 487. The maximum absolute atomic E-state index is 12.1. The SMILES string of the molecule is CC(C)[C@H]1[C@@H](CC(=O)O)NC(=O)N1Cc1ccccc1. The van der Waals surface area contributed by atoms with Gasteiger partial charge in [-0.2, -0.15) is 0 Å². The molecule has 1 aromatic rings. The molecule has 20 heavy (non-hydrogen) atoms. The zero-order valence-electron chi connectivity index (χ0n) is 11.7. The zero-order chi connectivity index (χ0) is 14.7. The summed E-state index contributed by atoms with van der Waals surface area (Å²) in [5.74, 6) is -0.690. The smallest absolute Gasteiger partial charge is 0.318 e. The maximum atomic E-state index is 12.1. The number of rotatable bonds is 5. The van der Waals surface area contributed by atoms with Crippen molar-refractivity contribution >= 4 is 12.0 Å². The number of nitrogens with one attached hydrogen (secondary N) is 1. The molecule has 1 aromatic carbocycles. The quantitative estimate of drug-likeness (QED) is 0.865. The molecule has 0 radical (unpaired) electrons. The minimum atomic E-state index is -0.887. The number of carboxylic acid groups (broad SMARTS) is 1. The second kappa shape index (κ2) is 5.94. The van der Waals surface area contributed by atoms with Crippen LogP contribution in [0.2, 0.25) is 0 Å². The van der Waals surface area contributed by atoms with E-state index in [1.54, 1.807) is 4.90 Å². The van der Waals surface area contributed by atoms with Crippen molar-refractivity contribution in [3.05, 3.63) is 35.9 Å². The van der Waals surface area contributed by atoms with Crippen LogP contribution >= 0.6 is 0 Å². The van der Waals surface area contributed by atoms with Crippen LogP contribution in [0.15, 0.2) is 30.3 Å². The van der Waals surface area contributed by atoms with Gasteiger partial charge in [-0.05, 0) is 11.5 Å². The first kappa shape index (κ1) is 14.4. The lowest BCUT2D eigenvalue weighted by molar-refractivity contribution is -0.137. The van der Waals surface area contributed by atoms with Crippen LogP contribution in [0.5, 0.6) is 0 Å². The van der Waals surface area contributed by atoms with E-state index in [1.165, 1.54) is 0 Å². The predicted octanol–water partition coefficient (Wildman–Crippen LogP) is 2.08. The maximum Gasteiger partial charge on any atom is 0.318 e. The molecule has 0 aromatic heterocycles. The molecule has 0 unspecified atom stereocenters. The third kappa shape index (κ3) is 3.10. The summed E-state index contributed by atoms with van der Waals surface area (Å²) in [7, 11) is 0. The standard InChI is InChI=1S/C15H20N2O3/c1-10(2)14-12(8-13(18)19)16-15(20)17(14)9-11-6-4-3-5-7-11/h3-7,10,12,14H,8-9H2,1-2H3,(H,16,20)(H,18,19)/t12-,14+/m1/s1. The van der Waals surface area contributed by atoms with Gasteiger partial charge in [0.1, 0.15) is 0 Å². The number of carbonyl (C=O) groups is 2. The van der Waals surface area contributed by atoms with Crippen molar-refractivity contribution in [2.75, 3.05) is 0 Å². The Kier molecular flexibility index (Phi) is 4.27. The summed E-state index contributed by atoms with van der Waals surface area (Å²) in [5.41, 5.74) is 1.05. The van der Waals surface area contributed by atoms with Crippen molar-refractivity contribution in [1.82, 2.24) is 10.2 Å². The van der Waals surface area contributed by atoms with E-state index in [2.05, 4.69) is 5.32 Å². The number of aliphatic carboxylic acids is 1. The van der Waals surface area contributed by atoms with Crippen LogP contribution in [-0.2, 0) is 11.3 Å². The van der Waals surface area contributed by atoms with Gasteiger partial charge in [0.05, 0.1) is 18.5 Å². The van der Waals surface area contributed by atoms with Crippen LogP contribution in [0, 0.1) is 5.92 Å². The van der Waals surface area contributed by atoms with Crippen LogP contribution < -0.4 is 5.32 Å². The second-order valence-corrected chi connectivity index (χ2v) is 5.50. The first-order valence-corrected chi connectivity index (χ1v) is 6.82. The lowest BCUT2D eigenvalue weighted by Gasteiger charge is -2.29. The van der Waals surface area contributed by atoms with Crippen LogP contribution in [0.1, 0.15) is 25.8 Å². The number of amides is 2. The summed E-state index contributed by atoms with van der Waals surface area (Å²) in [4.78, 5) is 24.8. The van der Waals surface area contributed by atoms with E-state index >= 15 is 0 Å². The number of carbonyl (C=O) groups excluding carboxylic acids is 1. The van der Waals surface area contributed by atoms with E-state index < -0.39 is 5.97 Å². The highest BCUT2D eigenvalue weighted by atomic mass is 16.4.